The van der Waals surface area contributed by atoms with Crippen LogP contribution in [0.15, 0.2) is 30.6 Å². The molecular formula is C20H31N9O4S2. The maximum atomic E-state index is 10.3. The van der Waals surface area contributed by atoms with Crippen LogP contribution in [0.5, 0.6) is 0 Å². The van der Waals surface area contributed by atoms with Gasteiger partial charge in [0.1, 0.15) is 58.2 Å². The first-order valence-electron chi connectivity index (χ1n) is 10.4. The van der Waals surface area contributed by atoms with Gasteiger partial charge in [0.15, 0.2) is 0 Å². The lowest BCUT2D eigenvalue weighted by Gasteiger charge is -1.88. The normalized spacial score (nSPS) is 19.1. The first kappa shape index (κ1) is 29.7. The summed E-state index contributed by atoms with van der Waals surface area (Å²) in [5.74, 6) is 4.46. The van der Waals surface area contributed by atoms with E-state index in [0.717, 1.165) is 39.8 Å². The monoisotopic (exact) mass is 525 g/mol. The minimum absolute atomic E-state index is 0.00231. The molecule has 0 spiro atoms. The average molecular weight is 526 g/mol. The number of nitrogens with one attached hydrogen (secondary N) is 4. The van der Waals surface area contributed by atoms with Crippen molar-refractivity contribution in [3.8, 4) is 0 Å². The predicted octanol–water partition coefficient (Wildman–Crippen LogP) is 0.325. The zero-order valence-electron chi connectivity index (χ0n) is 20.6. The van der Waals surface area contributed by atoms with Crippen LogP contribution in [0.2, 0.25) is 0 Å². The number of aliphatic imine (C=N–C) groups is 4. The molecule has 0 aromatic carbocycles. The van der Waals surface area contributed by atoms with Crippen LogP contribution in [0, 0.1) is 13.8 Å². The third-order valence-corrected chi connectivity index (χ3v) is 4.88. The Morgan fingerprint density at radius 1 is 0.800 bits per heavy atom. The fourth-order valence-electron chi connectivity index (χ4n) is 2.29. The summed E-state index contributed by atoms with van der Waals surface area (Å²) in [4.78, 5) is 36.6. The fraction of sp³-hybridized carbons (Fsp3) is 0.500. The highest BCUT2D eigenvalue weighted by molar-refractivity contribution is 7.83. The molecule has 5 rings (SSSR count). The van der Waals surface area contributed by atoms with Gasteiger partial charge in [-0.25, -0.2) is 4.21 Å². The number of carbonyl (C=O) groups is 2. The van der Waals surface area contributed by atoms with Crippen LogP contribution in [0.3, 0.4) is 0 Å². The molecule has 0 bridgehead atoms. The molecule has 4 aliphatic heterocycles. The van der Waals surface area contributed by atoms with Gasteiger partial charge < -0.3 is 20.5 Å². The summed E-state index contributed by atoms with van der Waals surface area (Å²) in [6, 6.07) is 1.89. The second-order valence-electron chi connectivity index (χ2n) is 7.25. The number of aryl methyl sites for hydroxylation is 2. The van der Waals surface area contributed by atoms with Crippen molar-refractivity contribution in [2.45, 2.75) is 41.5 Å². The number of amides is 2. The molecule has 4 aliphatic rings. The van der Waals surface area contributed by atoms with E-state index in [2.05, 4.69) is 45.8 Å². The lowest BCUT2D eigenvalue weighted by Crippen LogP contribution is -2.21. The Bertz CT molecular complexity index is 916. The molecule has 1 unspecified atom stereocenters. The van der Waals surface area contributed by atoms with Gasteiger partial charge in [-0.1, -0.05) is 17.4 Å². The van der Waals surface area contributed by atoms with Gasteiger partial charge in [0, 0.05) is 6.07 Å². The molecule has 192 valence electrons. The van der Waals surface area contributed by atoms with Gasteiger partial charge in [-0.05, 0) is 41.5 Å². The van der Waals surface area contributed by atoms with E-state index in [1.54, 1.807) is 20.8 Å². The molecular weight excluding hydrogens is 494 g/mol. The summed E-state index contributed by atoms with van der Waals surface area (Å²) in [5, 5.41) is 11.6. The van der Waals surface area contributed by atoms with E-state index in [9.17, 15) is 13.8 Å². The van der Waals surface area contributed by atoms with Crippen LogP contribution in [0.1, 0.15) is 39.1 Å². The maximum Gasteiger partial charge on any atom is 0.246 e. The van der Waals surface area contributed by atoms with E-state index in [4.69, 9.17) is 16.7 Å². The molecule has 35 heavy (non-hydrogen) atoms. The molecule has 0 radical (unpaired) electrons. The molecule has 2 amide bonds. The van der Waals surface area contributed by atoms with E-state index < -0.39 is 11.0 Å². The molecule has 1 aromatic heterocycles. The van der Waals surface area contributed by atoms with Crippen LogP contribution in [0.4, 0.5) is 0 Å². The van der Waals surface area contributed by atoms with Crippen molar-refractivity contribution in [2.75, 3.05) is 25.5 Å². The molecule has 0 aliphatic carbocycles. The van der Waals surface area contributed by atoms with E-state index >= 15 is 0 Å². The SMILES string of the molecule is CC1=NCC(=O)N1.CC1=NCC(=O)N1.CC1=NCC(=S)N1.CC1=NCS(=O)N1.Cc1cc(C)on1. The molecule has 1 atom stereocenters. The van der Waals surface area contributed by atoms with Crippen molar-refractivity contribution in [3.63, 3.8) is 0 Å². The minimum Gasteiger partial charge on any atom is -0.361 e. The van der Waals surface area contributed by atoms with Crippen molar-refractivity contribution >= 4 is 63.3 Å². The van der Waals surface area contributed by atoms with Crippen LogP contribution >= 0.6 is 12.2 Å². The van der Waals surface area contributed by atoms with Crippen LogP contribution in [-0.4, -0.2) is 75.0 Å². The topological polar surface area (TPSA) is 175 Å². The van der Waals surface area contributed by atoms with Crippen molar-refractivity contribution in [2.24, 2.45) is 20.0 Å². The molecule has 4 N–H and O–H groups in total. The third-order valence-electron chi connectivity index (χ3n) is 3.77. The zero-order valence-corrected chi connectivity index (χ0v) is 22.2. The number of aromatic nitrogens is 1. The van der Waals surface area contributed by atoms with Crippen LogP contribution < -0.4 is 20.7 Å². The number of carbonyl (C=O) groups excluding carboxylic acids is 2. The van der Waals surface area contributed by atoms with E-state index in [-0.39, 0.29) is 11.8 Å². The summed E-state index contributed by atoms with van der Waals surface area (Å²) in [5.41, 5.74) is 0.942. The number of amidine groups is 4. The highest BCUT2D eigenvalue weighted by Gasteiger charge is 2.07. The van der Waals surface area contributed by atoms with Crippen LogP contribution in [0.25, 0.3) is 0 Å². The highest BCUT2D eigenvalue weighted by atomic mass is 32.2. The molecule has 0 saturated heterocycles. The second-order valence-corrected chi connectivity index (χ2v) is 8.89. The maximum absolute atomic E-state index is 10.3. The van der Waals surface area contributed by atoms with Gasteiger partial charge >= 0.3 is 0 Å². The molecule has 0 fully saturated rings. The lowest BCUT2D eigenvalue weighted by atomic mass is 10.4. The first-order chi connectivity index (χ1) is 16.4. The Morgan fingerprint density at radius 3 is 1.43 bits per heavy atom. The molecule has 13 nitrogen and oxygen atoms in total. The summed E-state index contributed by atoms with van der Waals surface area (Å²) in [7, 11) is -0.907. The Hall–Kier alpha value is -3.33. The second kappa shape index (κ2) is 15.5. The van der Waals surface area contributed by atoms with Gasteiger partial charge in [-0.15, -0.1) is 0 Å². The Balaban J connectivity index is 0.000000219. The van der Waals surface area contributed by atoms with Crippen molar-refractivity contribution in [3.05, 3.63) is 17.5 Å². The van der Waals surface area contributed by atoms with Gasteiger partial charge in [0.2, 0.25) is 11.8 Å². The summed E-state index contributed by atoms with van der Waals surface area (Å²) in [6.45, 7) is 12.3. The van der Waals surface area contributed by atoms with Gasteiger partial charge in [-0.3, -0.25) is 34.3 Å². The number of rotatable bonds is 0. The number of nitrogens with zero attached hydrogens (tertiary/aromatic N) is 5. The summed E-state index contributed by atoms with van der Waals surface area (Å²) >= 11 is 4.77. The molecule has 0 saturated carbocycles. The van der Waals surface area contributed by atoms with Crippen LogP contribution in [-0.2, 0) is 20.6 Å². The number of thiocarbonyl (C=S) groups is 1. The van der Waals surface area contributed by atoms with Crippen molar-refractivity contribution in [1.29, 1.82) is 0 Å². The van der Waals surface area contributed by atoms with Crippen molar-refractivity contribution in [1.82, 2.24) is 25.8 Å². The van der Waals surface area contributed by atoms with E-state index in [1.807, 2.05) is 26.8 Å². The Kier molecular flexibility index (Phi) is 13.2. The number of hydrogen-bond donors (Lipinski definition) is 4. The number of hydrogen-bond acceptors (Lipinski definition) is 10. The molecule has 1 aromatic rings. The predicted molar refractivity (Wildman–Crippen MR) is 141 cm³/mol. The van der Waals surface area contributed by atoms with Crippen molar-refractivity contribution < 1.29 is 18.3 Å². The average Bonchev–Trinajstić information content (AvgIpc) is 3.59. The molecule has 15 heteroatoms. The summed E-state index contributed by atoms with van der Waals surface area (Å²) in [6.07, 6.45) is 0. The Labute approximate surface area is 212 Å². The third kappa shape index (κ3) is 14.5. The fourth-order valence-corrected chi connectivity index (χ4v) is 3.27. The van der Waals surface area contributed by atoms with E-state index in [0.29, 0.717) is 25.5 Å². The summed E-state index contributed by atoms with van der Waals surface area (Å²) < 4.78 is 17.7. The highest BCUT2D eigenvalue weighted by Crippen LogP contribution is 1.97. The first-order valence-corrected chi connectivity index (χ1v) is 12.2. The molecule has 5 heterocycles. The smallest absolute Gasteiger partial charge is 0.246 e. The standard InChI is InChI=1S/C5H7NO.2C4H6N2O.C4H6N2S.C3H6N2OS/c1-4-3-5(2)7-6-4;3*1-3-5-2-4(7)6-3;1-3-4-2-7(6)5-3/h3H,1-2H3;3*2H2,1H3,(H,5,6,7);2H2,1H3,(H,4,5). The van der Waals surface area contributed by atoms with Gasteiger partial charge in [0.05, 0.1) is 18.1 Å². The zero-order chi connectivity index (χ0) is 26.4. The Morgan fingerprint density at radius 2 is 1.31 bits per heavy atom. The quantitative estimate of drug-likeness (QED) is 0.353. The largest absolute Gasteiger partial charge is 0.361 e. The van der Waals surface area contributed by atoms with Gasteiger partial charge in [0.25, 0.3) is 0 Å². The van der Waals surface area contributed by atoms with E-state index in [1.165, 1.54) is 0 Å². The minimum atomic E-state index is -0.907. The van der Waals surface area contributed by atoms with Gasteiger partial charge in [-0.2, -0.15) is 0 Å². The lowest BCUT2D eigenvalue weighted by molar-refractivity contribution is -0.118.